The Labute approximate surface area is 125 Å². The van der Waals surface area contributed by atoms with E-state index in [9.17, 15) is 0 Å². The molecule has 19 heavy (non-hydrogen) atoms. The SMILES string of the molecule is Cc1ccc2c(c1)nc(-c1ncc(I)cc1C)n2C. The lowest BCUT2D eigenvalue weighted by molar-refractivity contribution is 0.946. The second-order valence-corrected chi connectivity index (χ2v) is 6.05. The van der Waals surface area contributed by atoms with E-state index in [1.165, 1.54) is 5.56 Å². The largest absolute Gasteiger partial charge is 0.326 e. The quantitative estimate of drug-likeness (QED) is 0.615. The molecular formula is C15H14IN3. The van der Waals surface area contributed by atoms with Crippen molar-refractivity contribution in [2.45, 2.75) is 13.8 Å². The molecule has 2 aromatic heterocycles. The Bertz CT molecular complexity index is 774. The Morgan fingerprint density at radius 3 is 2.68 bits per heavy atom. The van der Waals surface area contributed by atoms with Crippen LogP contribution >= 0.6 is 22.6 Å². The van der Waals surface area contributed by atoms with Crippen molar-refractivity contribution in [3.8, 4) is 11.5 Å². The molecule has 0 bridgehead atoms. The highest BCUT2D eigenvalue weighted by molar-refractivity contribution is 14.1. The minimum absolute atomic E-state index is 0.925. The van der Waals surface area contributed by atoms with Gasteiger partial charge in [0.05, 0.1) is 11.0 Å². The summed E-state index contributed by atoms with van der Waals surface area (Å²) in [6.45, 7) is 4.16. The predicted molar refractivity (Wildman–Crippen MR) is 86.1 cm³/mol. The Hall–Kier alpha value is -1.43. The van der Waals surface area contributed by atoms with Crippen LogP contribution in [0.4, 0.5) is 0 Å². The van der Waals surface area contributed by atoms with Crippen molar-refractivity contribution in [3.63, 3.8) is 0 Å². The van der Waals surface area contributed by atoms with Crippen LogP contribution < -0.4 is 0 Å². The average molecular weight is 363 g/mol. The number of imidazole rings is 1. The molecule has 0 aliphatic heterocycles. The third-order valence-corrected chi connectivity index (χ3v) is 3.88. The summed E-state index contributed by atoms with van der Waals surface area (Å²) in [5, 5.41) is 0. The molecule has 0 aliphatic carbocycles. The van der Waals surface area contributed by atoms with E-state index in [1.807, 2.05) is 13.2 Å². The first-order valence-electron chi connectivity index (χ1n) is 6.12. The number of hydrogen-bond donors (Lipinski definition) is 0. The molecule has 0 spiro atoms. The zero-order valence-corrected chi connectivity index (χ0v) is 13.3. The maximum absolute atomic E-state index is 4.73. The van der Waals surface area contributed by atoms with Crippen molar-refractivity contribution in [3.05, 3.63) is 45.2 Å². The maximum atomic E-state index is 4.73. The molecule has 0 unspecified atom stereocenters. The van der Waals surface area contributed by atoms with E-state index in [0.717, 1.165) is 31.7 Å². The third-order valence-electron chi connectivity index (χ3n) is 3.29. The third kappa shape index (κ3) is 2.14. The lowest BCUT2D eigenvalue weighted by Gasteiger charge is -2.05. The summed E-state index contributed by atoms with van der Waals surface area (Å²) in [6, 6.07) is 8.47. The van der Waals surface area contributed by atoms with E-state index in [1.54, 1.807) is 0 Å². The fourth-order valence-electron chi connectivity index (χ4n) is 2.30. The van der Waals surface area contributed by atoms with Crippen molar-refractivity contribution in [1.29, 1.82) is 0 Å². The smallest absolute Gasteiger partial charge is 0.159 e. The molecule has 3 aromatic rings. The minimum Gasteiger partial charge on any atom is -0.326 e. The summed E-state index contributed by atoms with van der Waals surface area (Å²) in [5.41, 5.74) is 5.50. The van der Waals surface area contributed by atoms with E-state index in [2.05, 4.69) is 70.3 Å². The van der Waals surface area contributed by atoms with Gasteiger partial charge in [-0.15, -0.1) is 0 Å². The summed E-state index contributed by atoms with van der Waals surface area (Å²) in [5.74, 6) is 0.925. The number of aryl methyl sites for hydroxylation is 3. The minimum atomic E-state index is 0.925. The molecule has 0 atom stereocenters. The van der Waals surface area contributed by atoms with Crippen LogP contribution in [0.2, 0.25) is 0 Å². The van der Waals surface area contributed by atoms with Gasteiger partial charge in [0.15, 0.2) is 5.82 Å². The molecule has 0 saturated carbocycles. The van der Waals surface area contributed by atoms with Gasteiger partial charge in [0.1, 0.15) is 5.69 Å². The first-order chi connectivity index (χ1) is 9.06. The number of fused-ring (bicyclic) bond motifs is 1. The van der Waals surface area contributed by atoms with Crippen molar-refractivity contribution in [2.75, 3.05) is 0 Å². The maximum Gasteiger partial charge on any atom is 0.159 e. The van der Waals surface area contributed by atoms with Crippen LogP contribution in [0.5, 0.6) is 0 Å². The normalized spacial score (nSPS) is 11.2. The van der Waals surface area contributed by atoms with Gasteiger partial charge in [-0.1, -0.05) is 6.07 Å². The summed E-state index contributed by atoms with van der Waals surface area (Å²) in [7, 11) is 2.04. The summed E-state index contributed by atoms with van der Waals surface area (Å²) in [4.78, 5) is 9.27. The highest BCUT2D eigenvalue weighted by atomic mass is 127. The predicted octanol–water partition coefficient (Wildman–Crippen LogP) is 3.86. The molecule has 1 aromatic carbocycles. The molecule has 0 N–H and O–H groups in total. The second-order valence-electron chi connectivity index (χ2n) is 4.81. The second kappa shape index (κ2) is 4.59. The number of nitrogens with zero attached hydrogens (tertiary/aromatic N) is 3. The molecule has 3 rings (SSSR count). The van der Waals surface area contributed by atoms with Gasteiger partial charge >= 0.3 is 0 Å². The van der Waals surface area contributed by atoms with Crippen molar-refractivity contribution in [1.82, 2.24) is 14.5 Å². The van der Waals surface area contributed by atoms with Crippen LogP contribution in [0.1, 0.15) is 11.1 Å². The monoisotopic (exact) mass is 363 g/mol. The van der Waals surface area contributed by atoms with Gasteiger partial charge in [-0.05, 0) is 65.8 Å². The van der Waals surface area contributed by atoms with Gasteiger partial charge in [-0.2, -0.15) is 0 Å². The average Bonchev–Trinajstić information content (AvgIpc) is 2.66. The van der Waals surface area contributed by atoms with Crippen LogP contribution in [-0.4, -0.2) is 14.5 Å². The lowest BCUT2D eigenvalue weighted by atomic mass is 10.2. The fourth-order valence-corrected chi connectivity index (χ4v) is 2.90. The van der Waals surface area contributed by atoms with Gasteiger partial charge in [0.25, 0.3) is 0 Å². The molecule has 0 amide bonds. The Morgan fingerprint density at radius 2 is 1.95 bits per heavy atom. The van der Waals surface area contributed by atoms with Crippen molar-refractivity contribution in [2.24, 2.45) is 7.05 Å². The Balaban J connectivity index is 2.27. The number of pyridine rings is 1. The zero-order valence-electron chi connectivity index (χ0n) is 11.1. The van der Waals surface area contributed by atoms with Crippen molar-refractivity contribution >= 4 is 33.6 Å². The summed E-state index contributed by atoms with van der Waals surface area (Å²) in [6.07, 6.45) is 1.88. The first-order valence-corrected chi connectivity index (χ1v) is 7.20. The highest BCUT2D eigenvalue weighted by Crippen LogP contribution is 2.25. The molecule has 3 nitrogen and oxygen atoms in total. The van der Waals surface area contributed by atoms with Crippen molar-refractivity contribution < 1.29 is 0 Å². The van der Waals surface area contributed by atoms with Gasteiger partial charge in [-0.25, -0.2) is 4.98 Å². The number of hydrogen-bond acceptors (Lipinski definition) is 2. The summed E-state index contributed by atoms with van der Waals surface area (Å²) >= 11 is 2.28. The molecule has 2 heterocycles. The fraction of sp³-hybridized carbons (Fsp3) is 0.200. The number of halogens is 1. The molecule has 0 saturated heterocycles. The number of aromatic nitrogens is 3. The molecule has 4 heteroatoms. The van der Waals surface area contributed by atoms with E-state index in [0.29, 0.717) is 0 Å². The number of benzene rings is 1. The Morgan fingerprint density at radius 1 is 1.16 bits per heavy atom. The summed E-state index contributed by atoms with van der Waals surface area (Å²) < 4.78 is 3.25. The molecule has 0 aliphatic rings. The van der Waals surface area contributed by atoms with Crippen LogP contribution in [-0.2, 0) is 7.05 Å². The molecule has 0 radical (unpaired) electrons. The van der Waals surface area contributed by atoms with Crippen LogP contribution in [0.25, 0.3) is 22.6 Å². The standard InChI is InChI=1S/C15H14IN3/c1-9-4-5-13-12(6-9)18-15(19(13)3)14-10(2)7-11(16)8-17-14/h4-8H,1-3H3. The molecule has 96 valence electrons. The topological polar surface area (TPSA) is 30.7 Å². The van der Waals surface area contributed by atoms with Crippen LogP contribution in [0.3, 0.4) is 0 Å². The van der Waals surface area contributed by atoms with E-state index < -0.39 is 0 Å². The van der Waals surface area contributed by atoms with E-state index >= 15 is 0 Å². The highest BCUT2D eigenvalue weighted by Gasteiger charge is 2.13. The van der Waals surface area contributed by atoms with Gasteiger partial charge in [-0.3, -0.25) is 4.98 Å². The van der Waals surface area contributed by atoms with E-state index in [4.69, 9.17) is 4.98 Å². The van der Waals surface area contributed by atoms with Gasteiger partial charge in [0, 0.05) is 16.8 Å². The molecular weight excluding hydrogens is 349 g/mol. The van der Waals surface area contributed by atoms with Gasteiger partial charge in [0.2, 0.25) is 0 Å². The zero-order chi connectivity index (χ0) is 13.6. The lowest BCUT2D eigenvalue weighted by Crippen LogP contribution is -1.97. The van der Waals surface area contributed by atoms with Crippen LogP contribution in [0, 0.1) is 17.4 Å². The molecule has 0 fully saturated rings. The number of rotatable bonds is 1. The Kier molecular flexibility index (Phi) is 3.05. The van der Waals surface area contributed by atoms with E-state index in [-0.39, 0.29) is 0 Å². The first kappa shape index (κ1) is 12.6. The van der Waals surface area contributed by atoms with Crippen LogP contribution in [0.15, 0.2) is 30.5 Å². The van der Waals surface area contributed by atoms with Gasteiger partial charge < -0.3 is 4.57 Å².